The lowest BCUT2D eigenvalue weighted by atomic mass is 10.2. The summed E-state index contributed by atoms with van der Waals surface area (Å²) in [6.07, 6.45) is 0.377. The minimum atomic E-state index is -3.12. The summed E-state index contributed by atoms with van der Waals surface area (Å²) in [6, 6.07) is 11.1. The van der Waals surface area contributed by atoms with Crippen LogP contribution in [0.25, 0.3) is 0 Å². The number of likely N-dealkylation sites (N-methyl/N-ethyl adjacent to an activating group) is 1. The van der Waals surface area contributed by atoms with Crippen molar-refractivity contribution in [3.8, 4) is 5.75 Å². The van der Waals surface area contributed by atoms with Crippen LogP contribution in [0.5, 0.6) is 5.75 Å². The highest BCUT2D eigenvalue weighted by Crippen LogP contribution is 2.25. The first-order chi connectivity index (χ1) is 14.7. The quantitative estimate of drug-likeness (QED) is 0.558. The zero-order chi connectivity index (χ0) is 22.6. The molecule has 1 saturated heterocycles. The SMILES string of the molecule is CN(C(=O)COC(=O)c1ccccc1OCc1ccc(Cl)cc1Cl)[C@H]1CCS(=O)(=O)C1. The third kappa shape index (κ3) is 6.12. The molecule has 0 aromatic heterocycles. The number of rotatable bonds is 7. The summed E-state index contributed by atoms with van der Waals surface area (Å²) in [5.74, 6) is -0.938. The molecule has 0 aliphatic carbocycles. The van der Waals surface area contributed by atoms with Crippen LogP contribution >= 0.6 is 23.2 Å². The maximum Gasteiger partial charge on any atom is 0.342 e. The van der Waals surface area contributed by atoms with E-state index in [4.69, 9.17) is 32.7 Å². The molecule has 0 bridgehead atoms. The van der Waals surface area contributed by atoms with Crippen LogP contribution in [0.3, 0.4) is 0 Å². The molecule has 1 atom stereocenters. The Morgan fingerprint density at radius 1 is 1.16 bits per heavy atom. The Hall–Kier alpha value is -2.29. The summed E-state index contributed by atoms with van der Waals surface area (Å²) in [5, 5.41) is 0.942. The van der Waals surface area contributed by atoms with E-state index in [0.717, 1.165) is 0 Å². The molecule has 2 aromatic rings. The fourth-order valence-electron chi connectivity index (χ4n) is 3.15. The van der Waals surface area contributed by atoms with Crippen molar-refractivity contribution in [2.45, 2.75) is 19.1 Å². The van der Waals surface area contributed by atoms with Gasteiger partial charge in [-0.15, -0.1) is 0 Å². The average molecular weight is 486 g/mol. The smallest absolute Gasteiger partial charge is 0.342 e. The van der Waals surface area contributed by atoms with Crippen LogP contribution in [-0.4, -0.2) is 56.4 Å². The summed E-state index contributed by atoms with van der Waals surface area (Å²) < 4.78 is 34.1. The fourth-order valence-corrected chi connectivity index (χ4v) is 5.38. The summed E-state index contributed by atoms with van der Waals surface area (Å²) in [4.78, 5) is 26.2. The number of benzene rings is 2. The lowest BCUT2D eigenvalue weighted by molar-refractivity contribution is -0.134. The number of ether oxygens (including phenoxy) is 2. The van der Waals surface area contributed by atoms with Gasteiger partial charge in [0.05, 0.1) is 11.5 Å². The Kier molecular flexibility index (Phi) is 7.46. The van der Waals surface area contributed by atoms with E-state index in [1.807, 2.05) is 0 Å². The van der Waals surface area contributed by atoms with Crippen LogP contribution in [-0.2, 0) is 26.0 Å². The van der Waals surface area contributed by atoms with Crippen LogP contribution in [0, 0.1) is 0 Å². The van der Waals surface area contributed by atoms with Crippen molar-refractivity contribution in [1.29, 1.82) is 0 Å². The minimum Gasteiger partial charge on any atom is -0.488 e. The fraction of sp³-hybridized carbons (Fsp3) is 0.333. The predicted molar refractivity (Wildman–Crippen MR) is 117 cm³/mol. The van der Waals surface area contributed by atoms with E-state index in [0.29, 0.717) is 22.0 Å². The first-order valence-corrected chi connectivity index (χ1v) is 12.0. The number of hydrogen-bond donors (Lipinski definition) is 0. The van der Waals surface area contributed by atoms with E-state index in [9.17, 15) is 18.0 Å². The highest BCUT2D eigenvalue weighted by Gasteiger charge is 2.33. The van der Waals surface area contributed by atoms with Gasteiger partial charge >= 0.3 is 5.97 Å². The number of carbonyl (C=O) groups is 2. The van der Waals surface area contributed by atoms with Crippen molar-refractivity contribution in [2.75, 3.05) is 25.2 Å². The second-order valence-corrected chi connectivity index (χ2v) is 10.2. The molecule has 31 heavy (non-hydrogen) atoms. The second-order valence-electron chi connectivity index (χ2n) is 7.16. The minimum absolute atomic E-state index is 0.0530. The molecule has 1 fully saturated rings. The van der Waals surface area contributed by atoms with Crippen LogP contribution in [0.15, 0.2) is 42.5 Å². The van der Waals surface area contributed by atoms with Gasteiger partial charge in [-0.2, -0.15) is 0 Å². The maximum absolute atomic E-state index is 12.5. The second kappa shape index (κ2) is 9.89. The number of nitrogens with zero attached hydrogens (tertiary/aromatic N) is 1. The van der Waals surface area contributed by atoms with Gasteiger partial charge in [-0.3, -0.25) is 4.79 Å². The monoisotopic (exact) mass is 485 g/mol. The van der Waals surface area contributed by atoms with Gasteiger partial charge in [0.25, 0.3) is 5.91 Å². The van der Waals surface area contributed by atoms with E-state index in [1.165, 1.54) is 18.0 Å². The van der Waals surface area contributed by atoms with E-state index >= 15 is 0 Å². The third-order valence-corrected chi connectivity index (χ3v) is 7.32. The van der Waals surface area contributed by atoms with Crippen LogP contribution < -0.4 is 4.74 Å². The average Bonchev–Trinajstić information content (AvgIpc) is 3.10. The summed E-state index contributed by atoms with van der Waals surface area (Å²) >= 11 is 12.0. The number of para-hydroxylation sites is 1. The number of amides is 1. The number of hydrogen-bond acceptors (Lipinski definition) is 6. The van der Waals surface area contributed by atoms with Crippen molar-refractivity contribution in [1.82, 2.24) is 4.90 Å². The third-order valence-electron chi connectivity index (χ3n) is 4.98. The maximum atomic E-state index is 12.5. The van der Waals surface area contributed by atoms with Crippen LogP contribution in [0.2, 0.25) is 10.0 Å². The molecule has 10 heteroatoms. The molecule has 1 amide bonds. The Bertz CT molecular complexity index is 1090. The van der Waals surface area contributed by atoms with Gasteiger partial charge in [-0.1, -0.05) is 41.4 Å². The summed E-state index contributed by atoms with van der Waals surface area (Å²) in [6.45, 7) is -0.388. The summed E-state index contributed by atoms with van der Waals surface area (Å²) in [5.41, 5.74) is 0.851. The number of sulfone groups is 1. The molecule has 7 nitrogen and oxygen atoms in total. The standard InChI is InChI=1S/C21H21Cl2NO6S/c1-24(16-8-9-31(27,28)13-16)20(25)12-30-21(26)17-4-2-3-5-19(17)29-11-14-6-7-15(22)10-18(14)23/h2-7,10,16H,8-9,11-13H2,1H3/t16-/m0/s1. The van der Waals surface area contributed by atoms with Gasteiger partial charge in [0.15, 0.2) is 16.4 Å². The topological polar surface area (TPSA) is 90.0 Å². The lowest BCUT2D eigenvalue weighted by Crippen LogP contribution is -2.40. The predicted octanol–water partition coefficient (Wildman–Crippen LogP) is 3.37. The molecule has 0 spiro atoms. The van der Waals surface area contributed by atoms with E-state index in [2.05, 4.69) is 0 Å². The van der Waals surface area contributed by atoms with Crippen molar-refractivity contribution in [3.63, 3.8) is 0 Å². The molecule has 0 N–H and O–H groups in total. The van der Waals surface area contributed by atoms with Gasteiger partial charge in [0.1, 0.15) is 17.9 Å². The zero-order valence-electron chi connectivity index (χ0n) is 16.7. The molecule has 0 saturated carbocycles. The van der Waals surface area contributed by atoms with Crippen molar-refractivity contribution >= 4 is 44.9 Å². The molecule has 166 valence electrons. The largest absolute Gasteiger partial charge is 0.488 e. The molecule has 1 aliphatic rings. The molecule has 3 rings (SSSR count). The highest BCUT2D eigenvalue weighted by molar-refractivity contribution is 7.91. The van der Waals surface area contributed by atoms with Gasteiger partial charge in [-0.05, 0) is 30.7 Å². The molecule has 2 aromatic carbocycles. The Morgan fingerprint density at radius 3 is 2.58 bits per heavy atom. The molecule has 0 unspecified atom stereocenters. The molecular weight excluding hydrogens is 465 g/mol. The van der Waals surface area contributed by atoms with Gasteiger partial charge in [0, 0.05) is 28.7 Å². The first-order valence-electron chi connectivity index (χ1n) is 9.45. The van der Waals surface area contributed by atoms with Crippen LogP contribution in [0.4, 0.5) is 0 Å². The Balaban J connectivity index is 1.60. The number of carbonyl (C=O) groups excluding carboxylic acids is 2. The first kappa shape index (κ1) is 23.4. The van der Waals surface area contributed by atoms with Crippen molar-refractivity contribution in [3.05, 3.63) is 63.6 Å². The molecule has 1 aliphatic heterocycles. The van der Waals surface area contributed by atoms with Gasteiger partial charge in [-0.25, -0.2) is 13.2 Å². The normalized spacial score (nSPS) is 17.2. The highest BCUT2D eigenvalue weighted by atomic mass is 35.5. The van der Waals surface area contributed by atoms with Crippen molar-refractivity contribution in [2.24, 2.45) is 0 Å². The van der Waals surface area contributed by atoms with E-state index in [1.54, 1.807) is 36.4 Å². The molecule has 0 radical (unpaired) electrons. The lowest BCUT2D eigenvalue weighted by Gasteiger charge is -2.23. The van der Waals surface area contributed by atoms with Gasteiger partial charge in [0.2, 0.25) is 0 Å². The molecular formula is C21H21Cl2NO6S. The van der Waals surface area contributed by atoms with E-state index < -0.39 is 34.4 Å². The number of halogens is 2. The zero-order valence-corrected chi connectivity index (χ0v) is 19.0. The number of esters is 1. The van der Waals surface area contributed by atoms with Crippen molar-refractivity contribution < 1.29 is 27.5 Å². The van der Waals surface area contributed by atoms with Crippen LogP contribution in [0.1, 0.15) is 22.3 Å². The Labute approximate surface area is 190 Å². The summed E-state index contributed by atoms with van der Waals surface area (Å²) in [7, 11) is -1.62. The van der Waals surface area contributed by atoms with E-state index in [-0.39, 0.29) is 29.4 Å². The molecule has 1 heterocycles. The van der Waals surface area contributed by atoms with Gasteiger partial charge < -0.3 is 14.4 Å². The Morgan fingerprint density at radius 2 is 1.90 bits per heavy atom.